The van der Waals surface area contributed by atoms with Crippen molar-refractivity contribution in [1.82, 2.24) is 4.98 Å². The number of amides is 1. The normalized spacial score (nSPS) is 10.2. The van der Waals surface area contributed by atoms with Crippen molar-refractivity contribution in [3.8, 4) is 0 Å². The Labute approximate surface area is 139 Å². The highest BCUT2D eigenvalue weighted by Crippen LogP contribution is 2.20. The molecule has 24 heavy (non-hydrogen) atoms. The minimum Gasteiger partial charge on any atom is -0.340 e. The summed E-state index contributed by atoms with van der Waals surface area (Å²) in [7, 11) is 0. The number of halogens is 1. The second kappa shape index (κ2) is 6.91. The van der Waals surface area contributed by atoms with E-state index in [1.54, 1.807) is 30.5 Å². The lowest BCUT2D eigenvalue weighted by Crippen LogP contribution is -2.14. The van der Waals surface area contributed by atoms with Gasteiger partial charge in [0.15, 0.2) is 0 Å². The number of nitrogens with zero attached hydrogens (tertiary/aromatic N) is 1. The average molecular weight is 321 g/mol. The molecule has 0 aliphatic heterocycles. The molecule has 0 atom stereocenters. The summed E-state index contributed by atoms with van der Waals surface area (Å²) in [6.07, 6.45) is 1.61. The molecule has 0 fully saturated rings. The fraction of sp³-hybridized carbons (Fsp3) is 0.0526. The van der Waals surface area contributed by atoms with Gasteiger partial charge in [0.2, 0.25) is 0 Å². The molecule has 0 saturated heterocycles. The number of hydrogen-bond acceptors (Lipinski definition) is 3. The van der Waals surface area contributed by atoms with Crippen LogP contribution in [-0.2, 0) is 0 Å². The van der Waals surface area contributed by atoms with Gasteiger partial charge < -0.3 is 10.6 Å². The van der Waals surface area contributed by atoms with Crippen LogP contribution in [0.5, 0.6) is 0 Å². The number of carbonyl (C=O) groups excluding carboxylic acids is 1. The molecule has 0 radical (unpaired) electrons. The fourth-order valence-electron chi connectivity index (χ4n) is 2.31. The zero-order valence-electron chi connectivity index (χ0n) is 13.1. The van der Waals surface area contributed by atoms with Gasteiger partial charge in [-0.05, 0) is 55.0 Å². The van der Waals surface area contributed by atoms with Crippen LogP contribution in [0.4, 0.5) is 21.6 Å². The standard InChI is InChI=1S/C19H16FN3O/c1-13-5-2-7-15(11-13)22-18-17(9-4-10-21-18)19(24)23-16-8-3-6-14(20)12-16/h2-12H,1H3,(H,21,22)(H,23,24). The molecule has 3 rings (SSSR count). The van der Waals surface area contributed by atoms with Crippen molar-refractivity contribution in [3.05, 3.63) is 83.8 Å². The summed E-state index contributed by atoms with van der Waals surface area (Å²) < 4.78 is 13.2. The van der Waals surface area contributed by atoms with Crippen molar-refractivity contribution < 1.29 is 9.18 Å². The Kier molecular flexibility index (Phi) is 4.52. The van der Waals surface area contributed by atoms with Gasteiger partial charge in [0.05, 0.1) is 5.56 Å². The summed E-state index contributed by atoms with van der Waals surface area (Å²) in [6, 6.07) is 16.9. The SMILES string of the molecule is Cc1cccc(Nc2ncccc2C(=O)Nc2cccc(F)c2)c1. The van der Waals surface area contributed by atoms with Gasteiger partial charge in [-0.15, -0.1) is 0 Å². The van der Waals surface area contributed by atoms with E-state index in [1.165, 1.54) is 12.1 Å². The third-order valence-corrected chi connectivity index (χ3v) is 3.42. The highest BCUT2D eigenvalue weighted by atomic mass is 19.1. The molecule has 0 bridgehead atoms. The third-order valence-electron chi connectivity index (χ3n) is 3.42. The van der Waals surface area contributed by atoms with E-state index in [4.69, 9.17) is 0 Å². The van der Waals surface area contributed by atoms with Crippen molar-refractivity contribution >= 4 is 23.1 Å². The predicted molar refractivity (Wildman–Crippen MR) is 93.1 cm³/mol. The smallest absolute Gasteiger partial charge is 0.259 e. The van der Waals surface area contributed by atoms with Crippen LogP contribution in [0.2, 0.25) is 0 Å². The molecule has 0 saturated carbocycles. The van der Waals surface area contributed by atoms with Crippen molar-refractivity contribution in [2.75, 3.05) is 10.6 Å². The van der Waals surface area contributed by atoms with Gasteiger partial charge in [-0.2, -0.15) is 0 Å². The van der Waals surface area contributed by atoms with Crippen LogP contribution in [0.3, 0.4) is 0 Å². The molecule has 4 nitrogen and oxygen atoms in total. The lowest BCUT2D eigenvalue weighted by Gasteiger charge is -2.11. The molecule has 0 unspecified atom stereocenters. The van der Waals surface area contributed by atoms with Crippen molar-refractivity contribution in [2.45, 2.75) is 6.92 Å². The maximum atomic E-state index is 13.2. The largest absolute Gasteiger partial charge is 0.340 e. The number of pyridine rings is 1. The molecule has 1 aromatic heterocycles. The molecule has 3 aromatic rings. The van der Waals surface area contributed by atoms with Gasteiger partial charge in [-0.25, -0.2) is 9.37 Å². The molecule has 1 amide bonds. The number of rotatable bonds is 4. The average Bonchev–Trinajstić information content (AvgIpc) is 2.55. The van der Waals surface area contributed by atoms with Crippen molar-refractivity contribution in [2.24, 2.45) is 0 Å². The first kappa shape index (κ1) is 15.7. The lowest BCUT2D eigenvalue weighted by molar-refractivity contribution is 0.102. The van der Waals surface area contributed by atoms with Crippen LogP contribution >= 0.6 is 0 Å². The van der Waals surface area contributed by atoms with E-state index in [0.29, 0.717) is 17.1 Å². The highest BCUT2D eigenvalue weighted by molar-refractivity contribution is 6.07. The van der Waals surface area contributed by atoms with E-state index in [1.807, 2.05) is 31.2 Å². The zero-order chi connectivity index (χ0) is 16.9. The van der Waals surface area contributed by atoms with Gasteiger partial charge >= 0.3 is 0 Å². The topological polar surface area (TPSA) is 54.0 Å². The van der Waals surface area contributed by atoms with E-state index in [-0.39, 0.29) is 5.91 Å². The van der Waals surface area contributed by atoms with Gasteiger partial charge in [-0.1, -0.05) is 18.2 Å². The molecular weight excluding hydrogens is 305 g/mol. The fourth-order valence-corrected chi connectivity index (χ4v) is 2.31. The minimum absolute atomic E-state index is 0.358. The molecular formula is C19H16FN3O. The van der Waals surface area contributed by atoms with Crippen molar-refractivity contribution in [1.29, 1.82) is 0 Å². The Morgan fingerprint density at radius 2 is 1.79 bits per heavy atom. The Morgan fingerprint density at radius 1 is 1.00 bits per heavy atom. The summed E-state index contributed by atoms with van der Waals surface area (Å²) in [5, 5.41) is 5.82. The zero-order valence-corrected chi connectivity index (χ0v) is 13.1. The Bertz CT molecular complexity index is 880. The first-order valence-electron chi connectivity index (χ1n) is 7.47. The van der Waals surface area contributed by atoms with Gasteiger partial charge in [0.25, 0.3) is 5.91 Å². The number of aryl methyl sites for hydroxylation is 1. The Morgan fingerprint density at radius 3 is 2.58 bits per heavy atom. The number of hydrogen-bond donors (Lipinski definition) is 2. The molecule has 2 aromatic carbocycles. The molecule has 0 spiro atoms. The number of nitrogens with one attached hydrogen (secondary N) is 2. The van der Waals surface area contributed by atoms with Crippen LogP contribution in [0.25, 0.3) is 0 Å². The maximum absolute atomic E-state index is 13.2. The quantitative estimate of drug-likeness (QED) is 0.742. The molecule has 1 heterocycles. The van der Waals surface area contributed by atoms with E-state index in [9.17, 15) is 9.18 Å². The van der Waals surface area contributed by atoms with Crippen LogP contribution in [0.1, 0.15) is 15.9 Å². The summed E-state index contributed by atoms with van der Waals surface area (Å²) >= 11 is 0. The maximum Gasteiger partial charge on any atom is 0.259 e. The molecule has 5 heteroatoms. The molecule has 120 valence electrons. The first-order valence-corrected chi connectivity index (χ1v) is 7.47. The van der Waals surface area contributed by atoms with E-state index in [0.717, 1.165) is 11.3 Å². The highest BCUT2D eigenvalue weighted by Gasteiger charge is 2.13. The van der Waals surface area contributed by atoms with Crippen LogP contribution in [-0.4, -0.2) is 10.9 Å². The van der Waals surface area contributed by atoms with Gasteiger partial charge in [0.1, 0.15) is 11.6 Å². The van der Waals surface area contributed by atoms with Gasteiger partial charge in [0, 0.05) is 17.6 Å². The molecule has 0 aliphatic rings. The number of anilines is 3. The summed E-state index contributed by atoms with van der Waals surface area (Å²) in [4.78, 5) is 16.7. The minimum atomic E-state index is -0.405. The van der Waals surface area contributed by atoms with Gasteiger partial charge in [-0.3, -0.25) is 4.79 Å². The van der Waals surface area contributed by atoms with Crippen molar-refractivity contribution in [3.63, 3.8) is 0 Å². The van der Waals surface area contributed by atoms with E-state index < -0.39 is 5.82 Å². The number of benzene rings is 2. The Balaban J connectivity index is 1.84. The summed E-state index contributed by atoms with van der Waals surface area (Å²) in [5.74, 6) is -0.321. The van der Waals surface area contributed by atoms with Crippen LogP contribution in [0.15, 0.2) is 66.9 Å². The predicted octanol–water partition coefficient (Wildman–Crippen LogP) is 4.53. The number of aromatic nitrogens is 1. The summed E-state index contributed by atoms with van der Waals surface area (Å²) in [6.45, 7) is 1.99. The second-order valence-electron chi connectivity index (χ2n) is 5.36. The molecule has 0 aliphatic carbocycles. The molecule has 2 N–H and O–H groups in total. The van der Waals surface area contributed by atoms with E-state index in [2.05, 4.69) is 15.6 Å². The third kappa shape index (κ3) is 3.76. The second-order valence-corrected chi connectivity index (χ2v) is 5.36. The monoisotopic (exact) mass is 321 g/mol. The van der Waals surface area contributed by atoms with Crippen LogP contribution < -0.4 is 10.6 Å². The first-order chi connectivity index (χ1) is 11.6. The van der Waals surface area contributed by atoms with Crippen LogP contribution in [0, 0.1) is 12.7 Å². The Hall–Kier alpha value is -3.21. The summed E-state index contributed by atoms with van der Waals surface area (Å²) in [5.41, 5.74) is 2.71. The number of carbonyl (C=O) groups is 1. The lowest BCUT2D eigenvalue weighted by atomic mass is 10.2. The van der Waals surface area contributed by atoms with E-state index >= 15 is 0 Å².